The SMILES string of the molecule is Cc1cc(C)c(Nc2ccc(C(c3ccc(Nc4c(C)cc(C)c(S(=O)(=O)O)c4C)c(CO)c3)c3ccccc3S(=O)(=O)O)cc2CO)c(C)c1. The van der Waals surface area contributed by atoms with Crippen molar-refractivity contribution in [3.05, 3.63) is 140 Å². The summed E-state index contributed by atoms with van der Waals surface area (Å²) in [5, 5.41) is 27.8. The first-order valence-corrected chi connectivity index (χ1v) is 19.1. The Morgan fingerprint density at radius 3 is 1.57 bits per heavy atom. The lowest BCUT2D eigenvalue weighted by molar-refractivity contribution is 0.282. The number of aliphatic hydroxyl groups is 2. The van der Waals surface area contributed by atoms with E-state index in [1.807, 2.05) is 32.9 Å². The Labute approximate surface area is 299 Å². The molecule has 268 valence electrons. The summed E-state index contributed by atoms with van der Waals surface area (Å²) in [6.45, 7) is 10.3. The smallest absolute Gasteiger partial charge is 0.295 e. The molecule has 0 saturated carbocycles. The molecule has 0 fully saturated rings. The van der Waals surface area contributed by atoms with Crippen LogP contribution >= 0.6 is 0 Å². The number of hydrogen-bond acceptors (Lipinski definition) is 8. The van der Waals surface area contributed by atoms with E-state index < -0.39 is 32.8 Å². The fourth-order valence-electron chi connectivity index (χ4n) is 7.00. The Kier molecular flexibility index (Phi) is 10.8. The predicted octanol–water partition coefficient (Wildman–Crippen LogP) is 7.68. The summed E-state index contributed by atoms with van der Waals surface area (Å²) in [6.07, 6.45) is 0. The molecular weight excluding hydrogens is 689 g/mol. The lowest BCUT2D eigenvalue weighted by Gasteiger charge is -2.25. The highest BCUT2D eigenvalue weighted by molar-refractivity contribution is 7.86. The van der Waals surface area contributed by atoms with Gasteiger partial charge in [-0.3, -0.25) is 9.11 Å². The predicted molar refractivity (Wildman–Crippen MR) is 200 cm³/mol. The summed E-state index contributed by atoms with van der Waals surface area (Å²) in [6, 6.07) is 22.5. The van der Waals surface area contributed by atoms with Crippen LogP contribution in [-0.2, 0) is 33.5 Å². The zero-order valence-electron chi connectivity index (χ0n) is 29.2. The minimum Gasteiger partial charge on any atom is -0.392 e. The van der Waals surface area contributed by atoms with Gasteiger partial charge in [0.05, 0.1) is 18.1 Å². The third-order valence-electron chi connectivity index (χ3n) is 9.13. The van der Waals surface area contributed by atoms with Crippen molar-refractivity contribution in [1.82, 2.24) is 0 Å². The third-order valence-corrected chi connectivity index (χ3v) is 11.2. The number of benzene rings is 5. The van der Waals surface area contributed by atoms with Crippen molar-refractivity contribution < 1.29 is 36.2 Å². The van der Waals surface area contributed by atoms with Gasteiger partial charge in [0, 0.05) is 39.8 Å². The quantitative estimate of drug-likeness (QED) is 0.0585. The summed E-state index contributed by atoms with van der Waals surface area (Å²) < 4.78 is 69.9. The van der Waals surface area contributed by atoms with Crippen LogP contribution in [0, 0.1) is 41.5 Å². The number of anilines is 4. The third kappa shape index (κ3) is 7.86. The summed E-state index contributed by atoms with van der Waals surface area (Å²) in [7, 11) is -9.18. The van der Waals surface area contributed by atoms with E-state index in [-0.39, 0.29) is 22.0 Å². The minimum absolute atomic E-state index is 0.204. The molecule has 0 radical (unpaired) electrons. The molecule has 12 heteroatoms. The zero-order chi connectivity index (χ0) is 37.4. The lowest BCUT2D eigenvalue weighted by Crippen LogP contribution is -2.12. The van der Waals surface area contributed by atoms with Gasteiger partial charge in [0.1, 0.15) is 4.90 Å². The molecule has 0 bridgehead atoms. The fraction of sp³-hybridized carbons (Fsp3) is 0.231. The van der Waals surface area contributed by atoms with Gasteiger partial charge in [0.2, 0.25) is 0 Å². The van der Waals surface area contributed by atoms with Crippen LogP contribution in [0.25, 0.3) is 0 Å². The van der Waals surface area contributed by atoms with Crippen LogP contribution in [0.5, 0.6) is 0 Å². The van der Waals surface area contributed by atoms with Crippen molar-refractivity contribution in [3.63, 3.8) is 0 Å². The van der Waals surface area contributed by atoms with Crippen LogP contribution in [-0.4, -0.2) is 36.2 Å². The highest BCUT2D eigenvalue weighted by Crippen LogP contribution is 2.40. The molecule has 5 aromatic rings. The number of aryl methyl sites for hydroxylation is 5. The molecule has 0 spiro atoms. The van der Waals surface area contributed by atoms with E-state index in [1.165, 1.54) is 12.1 Å². The van der Waals surface area contributed by atoms with Crippen molar-refractivity contribution in [3.8, 4) is 0 Å². The molecule has 0 amide bonds. The van der Waals surface area contributed by atoms with E-state index in [4.69, 9.17) is 0 Å². The van der Waals surface area contributed by atoms with Crippen molar-refractivity contribution >= 4 is 43.0 Å². The van der Waals surface area contributed by atoms with E-state index in [0.29, 0.717) is 56.0 Å². The van der Waals surface area contributed by atoms with E-state index in [9.17, 15) is 36.2 Å². The molecule has 0 aliphatic heterocycles. The average Bonchev–Trinajstić information content (AvgIpc) is 3.04. The van der Waals surface area contributed by atoms with Crippen molar-refractivity contribution in [2.75, 3.05) is 10.6 Å². The Morgan fingerprint density at radius 2 is 1.08 bits per heavy atom. The van der Waals surface area contributed by atoms with Crippen LogP contribution in [0.3, 0.4) is 0 Å². The van der Waals surface area contributed by atoms with Gasteiger partial charge in [-0.2, -0.15) is 16.8 Å². The van der Waals surface area contributed by atoms with Crippen molar-refractivity contribution in [1.29, 1.82) is 0 Å². The van der Waals surface area contributed by atoms with E-state index >= 15 is 0 Å². The first-order chi connectivity index (χ1) is 23.9. The second kappa shape index (κ2) is 14.6. The average molecular weight is 731 g/mol. The normalized spacial score (nSPS) is 12.5. The van der Waals surface area contributed by atoms with Gasteiger partial charge in [-0.1, -0.05) is 66.2 Å². The van der Waals surface area contributed by atoms with Gasteiger partial charge in [0.25, 0.3) is 20.2 Å². The Morgan fingerprint density at radius 1 is 0.588 bits per heavy atom. The van der Waals surface area contributed by atoms with Gasteiger partial charge in [0.15, 0.2) is 0 Å². The maximum atomic E-state index is 12.7. The highest BCUT2D eigenvalue weighted by Gasteiger charge is 2.27. The van der Waals surface area contributed by atoms with E-state index in [0.717, 1.165) is 22.4 Å². The molecular formula is C39H42N2O8S2. The molecule has 5 aromatic carbocycles. The van der Waals surface area contributed by atoms with Crippen molar-refractivity contribution in [2.24, 2.45) is 0 Å². The first kappa shape index (κ1) is 37.7. The summed E-state index contributed by atoms with van der Waals surface area (Å²) in [5.41, 5.74) is 9.55. The highest BCUT2D eigenvalue weighted by atomic mass is 32.2. The molecule has 1 atom stereocenters. The molecule has 51 heavy (non-hydrogen) atoms. The lowest BCUT2D eigenvalue weighted by atomic mass is 9.83. The number of rotatable bonds is 11. The summed E-state index contributed by atoms with van der Waals surface area (Å²) >= 11 is 0. The Bertz CT molecular complexity index is 2350. The van der Waals surface area contributed by atoms with E-state index in [1.54, 1.807) is 63.2 Å². The number of aliphatic hydroxyl groups excluding tert-OH is 2. The second-order valence-corrected chi connectivity index (χ2v) is 15.7. The number of hydrogen-bond donors (Lipinski definition) is 6. The summed E-state index contributed by atoms with van der Waals surface area (Å²) in [5.74, 6) is -0.779. The molecule has 0 aliphatic carbocycles. The topological polar surface area (TPSA) is 173 Å². The molecule has 1 unspecified atom stereocenters. The van der Waals surface area contributed by atoms with Crippen LogP contribution in [0.1, 0.15) is 67.1 Å². The van der Waals surface area contributed by atoms with Crippen molar-refractivity contribution in [2.45, 2.75) is 70.5 Å². The Balaban J connectivity index is 1.66. The maximum absolute atomic E-state index is 12.7. The number of nitrogens with one attached hydrogen (secondary N) is 2. The van der Waals surface area contributed by atoms with Gasteiger partial charge >= 0.3 is 0 Å². The second-order valence-electron chi connectivity index (χ2n) is 12.9. The molecule has 5 rings (SSSR count). The molecule has 0 aliphatic rings. The maximum Gasteiger partial charge on any atom is 0.295 e. The van der Waals surface area contributed by atoms with Gasteiger partial charge in [-0.05, 0) is 104 Å². The van der Waals surface area contributed by atoms with Crippen LogP contribution in [0.4, 0.5) is 22.7 Å². The van der Waals surface area contributed by atoms with Gasteiger partial charge in [-0.25, -0.2) is 0 Å². The zero-order valence-corrected chi connectivity index (χ0v) is 30.9. The standard InChI is InChI=1S/C39H42N2O8S2/c1-22-15-23(2)37(24(3)16-22)40-33-13-11-28(18-30(33)20-42)36(32-9-7-8-10-35(32)50(44,45)46)29-12-14-34(31(19-29)21-43)41-38-25(4)17-26(5)39(27(38)6)51(47,48)49/h7-19,36,40-43H,20-21H2,1-6H3,(H,44,45,46)(H,47,48,49). The minimum atomic E-state index is -4.66. The largest absolute Gasteiger partial charge is 0.392 e. The van der Waals surface area contributed by atoms with Gasteiger partial charge < -0.3 is 20.8 Å². The summed E-state index contributed by atoms with van der Waals surface area (Å²) in [4.78, 5) is -0.491. The van der Waals surface area contributed by atoms with Gasteiger partial charge in [-0.15, -0.1) is 0 Å². The fourth-order valence-corrected chi connectivity index (χ4v) is 8.69. The van der Waals surface area contributed by atoms with Crippen LogP contribution in [0.2, 0.25) is 0 Å². The molecule has 10 nitrogen and oxygen atoms in total. The van der Waals surface area contributed by atoms with Crippen LogP contribution in [0.15, 0.2) is 88.7 Å². The molecule has 6 N–H and O–H groups in total. The monoisotopic (exact) mass is 730 g/mol. The Hall–Kier alpha value is -4.56. The van der Waals surface area contributed by atoms with E-state index in [2.05, 4.69) is 22.8 Å². The molecule has 0 saturated heterocycles. The first-order valence-electron chi connectivity index (χ1n) is 16.2. The molecule has 0 aromatic heterocycles. The molecule has 0 heterocycles. The van der Waals surface area contributed by atoms with Crippen LogP contribution < -0.4 is 10.6 Å².